The van der Waals surface area contributed by atoms with E-state index in [4.69, 9.17) is 0 Å². The molecule has 2 aromatic rings. The largest absolute Gasteiger partial charge is 0.0955 e. The van der Waals surface area contributed by atoms with Crippen molar-refractivity contribution in [2.45, 2.75) is 39.5 Å². The third-order valence-electron chi connectivity index (χ3n) is 4.23. The van der Waals surface area contributed by atoms with Gasteiger partial charge in [0.2, 0.25) is 0 Å². The minimum atomic E-state index is 1.13. The highest BCUT2D eigenvalue weighted by Gasteiger charge is 2.13. The topological polar surface area (TPSA) is 0 Å². The van der Waals surface area contributed by atoms with Crippen molar-refractivity contribution >= 4 is 22.4 Å². The number of hydrogen-bond acceptors (Lipinski definition) is 0. The van der Waals surface area contributed by atoms with Gasteiger partial charge in [0, 0.05) is 0 Å². The van der Waals surface area contributed by atoms with Crippen molar-refractivity contribution < 1.29 is 0 Å². The van der Waals surface area contributed by atoms with Gasteiger partial charge >= 0.3 is 0 Å². The zero-order chi connectivity index (χ0) is 14.1. The van der Waals surface area contributed by atoms with E-state index in [0.717, 1.165) is 6.42 Å². The van der Waals surface area contributed by atoms with E-state index in [1.54, 1.807) is 0 Å². The summed E-state index contributed by atoms with van der Waals surface area (Å²) in [5.41, 5.74) is 6.88. The van der Waals surface area contributed by atoms with Crippen molar-refractivity contribution in [2.24, 2.45) is 0 Å². The van der Waals surface area contributed by atoms with Crippen LogP contribution in [0.2, 0.25) is 0 Å². The first kappa shape index (κ1) is 13.2. The SMILES string of the molecule is C=C(C)c1c(CCC)ccc2c3c(ccc12)CCC=C3. The van der Waals surface area contributed by atoms with E-state index in [0.29, 0.717) is 0 Å². The summed E-state index contributed by atoms with van der Waals surface area (Å²) in [6.07, 6.45) is 9.23. The minimum Gasteiger partial charge on any atom is -0.0955 e. The lowest BCUT2D eigenvalue weighted by atomic mass is 9.87. The molecule has 2 aromatic carbocycles. The van der Waals surface area contributed by atoms with Crippen molar-refractivity contribution in [3.8, 4) is 0 Å². The van der Waals surface area contributed by atoms with Crippen molar-refractivity contribution in [1.82, 2.24) is 0 Å². The molecule has 0 radical (unpaired) electrons. The molecule has 0 saturated heterocycles. The molecule has 0 nitrogen and oxygen atoms in total. The molecule has 0 amide bonds. The van der Waals surface area contributed by atoms with E-state index in [1.165, 1.54) is 57.9 Å². The lowest BCUT2D eigenvalue weighted by molar-refractivity contribution is 0.920. The summed E-state index contributed by atoms with van der Waals surface area (Å²) >= 11 is 0. The third kappa shape index (κ3) is 2.10. The van der Waals surface area contributed by atoms with Crippen molar-refractivity contribution in [3.05, 3.63) is 59.2 Å². The first-order valence-electron chi connectivity index (χ1n) is 7.62. The first-order valence-corrected chi connectivity index (χ1v) is 7.62. The predicted octanol–water partition coefficient (Wildman–Crippen LogP) is 5.78. The number of fused-ring (bicyclic) bond motifs is 3. The van der Waals surface area contributed by atoms with Gasteiger partial charge in [0.1, 0.15) is 0 Å². The van der Waals surface area contributed by atoms with Gasteiger partial charge in [-0.3, -0.25) is 0 Å². The monoisotopic (exact) mass is 262 g/mol. The molecule has 0 fully saturated rings. The second-order valence-corrected chi connectivity index (χ2v) is 5.80. The lowest BCUT2D eigenvalue weighted by Gasteiger charge is -2.18. The van der Waals surface area contributed by atoms with Crippen molar-refractivity contribution in [1.29, 1.82) is 0 Å². The van der Waals surface area contributed by atoms with Gasteiger partial charge in [-0.15, -0.1) is 0 Å². The fraction of sp³-hybridized carbons (Fsp3) is 0.300. The minimum absolute atomic E-state index is 1.13. The molecule has 20 heavy (non-hydrogen) atoms. The summed E-state index contributed by atoms with van der Waals surface area (Å²) in [4.78, 5) is 0. The summed E-state index contributed by atoms with van der Waals surface area (Å²) in [7, 11) is 0. The average Bonchev–Trinajstić information content (AvgIpc) is 2.46. The second kappa shape index (κ2) is 5.28. The molecule has 1 aliphatic carbocycles. The van der Waals surface area contributed by atoms with Gasteiger partial charge in [-0.2, -0.15) is 0 Å². The van der Waals surface area contributed by atoms with Crippen LogP contribution >= 0.6 is 0 Å². The highest BCUT2D eigenvalue weighted by Crippen LogP contribution is 2.34. The van der Waals surface area contributed by atoms with Gasteiger partial charge in [-0.05, 0) is 59.2 Å². The Morgan fingerprint density at radius 2 is 1.95 bits per heavy atom. The fourth-order valence-electron chi connectivity index (χ4n) is 3.36. The summed E-state index contributed by atoms with van der Waals surface area (Å²) < 4.78 is 0. The maximum atomic E-state index is 4.21. The van der Waals surface area contributed by atoms with E-state index in [1.807, 2.05) is 0 Å². The molecule has 102 valence electrons. The molecule has 0 spiro atoms. The van der Waals surface area contributed by atoms with Crippen LogP contribution in [0.15, 0.2) is 36.9 Å². The Hall–Kier alpha value is -1.82. The molecule has 0 N–H and O–H groups in total. The highest BCUT2D eigenvalue weighted by molar-refractivity contribution is 6.00. The van der Waals surface area contributed by atoms with Gasteiger partial charge in [0.05, 0.1) is 0 Å². The van der Waals surface area contributed by atoms with Crippen LogP contribution in [0.4, 0.5) is 0 Å². The molecule has 0 bridgehead atoms. The van der Waals surface area contributed by atoms with Gasteiger partial charge in [0.15, 0.2) is 0 Å². The number of rotatable bonds is 3. The van der Waals surface area contributed by atoms with E-state index in [2.05, 4.69) is 56.8 Å². The number of allylic oxidation sites excluding steroid dienone is 2. The normalized spacial score (nSPS) is 13.5. The van der Waals surface area contributed by atoms with Crippen LogP contribution in [0.25, 0.3) is 22.4 Å². The molecule has 0 aromatic heterocycles. The van der Waals surface area contributed by atoms with Crippen LogP contribution in [0, 0.1) is 0 Å². The molecule has 0 aliphatic heterocycles. The molecule has 0 heterocycles. The molecule has 0 saturated carbocycles. The standard InChI is InChI=1S/C20H22/c1-4-7-16-11-12-18-17-9-6-5-8-15(17)10-13-19(18)20(16)14(2)3/h6,9-13H,2,4-5,7-8H2,1,3H3. The lowest BCUT2D eigenvalue weighted by Crippen LogP contribution is -1.98. The first-order chi connectivity index (χ1) is 9.72. The van der Waals surface area contributed by atoms with E-state index in [-0.39, 0.29) is 0 Å². The third-order valence-corrected chi connectivity index (χ3v) is 4.23. The van der Waals surface area contributed by atoms with Crippen LogP contribution in [0.1, 0.15) is 48.9 Å². The summed E-state index contributed by atoms with van der Waals surface area (Å²) in [5, 5.41) is 2.75. The van der Waals surface area contributed by atoms with Crippen molar-refractivity contribution in [3.63, 3.8) is 0 Å². The Labute approximate surface area is 121 Å². The Balaban J connectivity index is 2.33. The van der Waals surface area contributed by atoms with E-state index < -0.39 is 0 Å². The fourth-order valence-corrected chi connectivity index (χ4v) is 3.36. The molecular weight excluding hydrogens is 240 g/mol. The predicted molar refractivity (Wildman–Crippen MR) is 90.0 cm³/mol. The Morgan fingerprint density at radius 3 is 2.70 bits per heavy atom. The summed E-state index contributed by atoms with van der Waals surface area (Å²) in [6, 6.07) is 9.22. The summed E-state index contributed by atoms with van der Waals surface area (Å²) in [6.45, 7) is 8.58. The van der Waals surface area contributed by atoms with Gasteiger partial charge in [0.25, 0.3) is 0 Å². The molecule has 1 aliphatic rings. The quantitative estimate of drug-likeness (QED) is 0.657. The Bertz CT molecular complexity index is 702. The zero-order valence-corrected chi connectivity index (χ0v) is 12.5. The maximum Gasteiger partial charge on any atom is -0.01000 e. The van der Waals surface area contributed by atoms with E-state index >= 15 is 0 Å². The summed E-state index contributed by atoms with van der Waals surface area (Å²) in [5.74, 6) is 0. The van der Waals surface area contributed by atoms with Gasteiger partial charge in [-0.1, -0.05) is 61.9 Å². The molecule has 0 heteroatoms. The smallest absolute Gasteiger partial charge is 0.01000 e. The van der Waals surface area contributed by atoms with Crippen LogP contribution < -0.4 is 0 Å². The number of aryl methyl sites for hydroxylation is 2. The molecule has 0 atom stereocenters. The van der Waals surface area contributed by atoms with Gasteiger partial charge in [-0.25, -0.2) is 0 Å². The maximum absolute atomic E-state index is 4.21. The van der Waals surface area contributed by atoms with Crippen LogP contribution in [-0.4, -0.2) is 0 Å². The Morgan fingerprint density at radius 1 is 1.15 bits per heavy atom. The Kier molecular flexibility index (Phi) is 3.48. The molecule has 0 unspecified atom stereocenters. The van der Waals surface area contributed by atoms with Crippen LogP contribution in [0.5, 0.6) is 0 Å². The van der Waals surface area contributed by atoms with E-state index in [9.17, 15) is 0 Å². The van der Waals surface area contributed by atoms with Crippen molar-refractivity contribution in [2.75, 3.05) is 0 Å². The molecule has 3 rings (SSSR count). The van der Waals surface area contributed by atoms with Gasteiger partial charge < -0.3 is 0 Å². The van der Waals surface area contributed by atoms with Crippen LogP contribution in [0.3, 0.4) is 0 Å². The number of hydrogen-bond donors (Lipinski definition) is 0. The van der Waals surface area contributed by atoms with Crippen LogP contribution in [-0.2, 0) is 12.8 Å². The molecular formula is C20H22. The highest BCUT2D eigenvalue weighted by atomic mass is 14.2. The zero-order valence-electron chi connectivity index (χ0n) is 12.5. The second-order valence-electron chi connectivity index (χ2n) is 5.80. The average molecular weight is 262 g/mol. The number of benzene rings is 2.